The van der Waals surface area contributed by atoms with Crippen molar-refractivity contribution in [3.8, 4) is 5.75 Å². The molecule has 1 unspecified atom stereocenters. The van der Waals surface area contributed by atoms with Gasteiger partial charge in [0.1, 0.15) is 12.4 Å². The van der Waals surface area contributed by atoms with Crippen molar-refractivity contribution in [2.75, 3.05) is 37.7 Å². The van der Waals surface area contributed by atoms with E-state index in [0.29, 0.717) is 55.3 Å². The van der Waals surface area contributed by atoms with Gasteiger partial charge in [-0.3, -0.25) is 14.3 Å². The lowest BCUT2D eigenvalue weighted by Crippen LogP contribution is -2.54. The highest BCUT2D eigenvalue weighted by atomic mass is 35.5. The maximum atomic E-state index is 13.9. The first-order chi connectivity index (χ1) is 23.8. The molecular weight excluding hydrogens is 678 g/mol. The van der Waals surface area contributed by atoms with Crippen LogP contribution in [0, 0.1) is 17.8 Å². The number of imide groups is 1. The van der Waals surface area contributed by atoms with Gasteiger partial charge in [0.15, 0.2) is 0 Å². The van der Waals surface area contributed by atoms with Gasteiger partial charge in [0.2, 0.25) is 5.91 Å². The summed E-state index contributed by atoms with van der Waals surface area (Å²) >= 11 is 6.45. The van der Waals surface area contributed by atoms with E-state index < -0.39 is 38.5 Å². The van der Waals surface area contributed by atoms with Crippen molar-refractivity contribution >= 4 is 50.8 Å². The molecule has 2 aromatic rings. The molecule has 0 radical (unpaired) electrons. The fourth-order valence-electron chi connectivity index (χ4n) is 9.06. The van der Waals surface area contributed by atoms with Crippen LogP contribution in [0.15, 0.2) is 36.4 Å². The Labute approximate surface area is 300 Å². The molecule has 3 aliphatic heterocycles. The van der Waals surface area contributed by atoms with Gasteiger partial charge in [0, 0.05) is 34.3 Å². The number of hydrogen-bond donors (Lipinski definition) is 2. The third-order valence-electron chi connectivity index (χ3n) is 12.3. The number of halogens is 1. The Morgan fingerprint density at radius 3 is 2.66 bits per heavy atom. The van der Waals surface area contributed by atoms with E-state index in [4.69, 9.17) is 21.1 Å². The Morgan fingerprint density at radius 1 is 1.10 bits per heavy atom. The van der Waals surface area contributed by atoms with E-state index >= 15 is 0 Å². The molecule has 2 bridgehead atoms. The Hall–Kier alpha value is -3.28. The van der Waals surface area contributed by atoms with Crippen LogP contribution in [0.5, 0.6) is 5.75 Å². The van der Waals surface area contributed by atoms with Gasteiger partial charge < -0.3 is 19.5 Å². The number of nitrogens with zero attached hydrogens (tertiary/aromatic N) is 2. The molecule has 5 aliphatic rings. The largest absolute Gasteiger partial charge is 0.490 e. The topological polar surface area (TPSA) is 125 Å². The smallest absolute Gasteiger partial charge is 0.416 e. The second-order valence-corrected chi connectivity index (χ2v) is 18.2. The molecule has 3 heterocycles. The average molecular weight is 726 g/mol. The molecule has 2 aromatic carbocycles. The highest BCUT2D eigenvalue weighted by Gasteiger charge is 2.50. The lowest BCUT2D eigenvalue weighted by atomic mass is 9.61. The summed E-state index contributed by atoms with van der Waals surface area (Å²) in [4.78, 5) is 42.9. The van der Waals surface area contributed by atoms with Gasteiger partial charge in [-0.1, -0.05) is 31.0 Å². The number of anilines is 1. The lowest BCUT2D eigenvalue weighted by Gasteiger charge is -2.50. The van der Waals surface area contributed by atoms with Crippen molar-refractivity contribution in [1.82, 2.24) is 9.62 Å². The number of cyclic esters (lactones) is 1. The molecule has 7 atom stereocenters. The van der Waals surface area contributed by atoms with Crippen LogP contribution < -0.4 is 14.4 Å². The van der Waals surface area contributed by atoms with Crippen LogP contribution in [0.4, 0.5) is 10.5 Å². The van der Waals surface area contributed by atoms with Crippen LogP contribution in [0.25, 0.3) is 0 Å². The molecule has 1 saturated carbocycles. The van der Waals surface area contributed by atoms with E-state index in [0.717, 1.165) is 42.7 Å². The van der Waals surface area contributed by atoms with Crippen LogP contribution in [0.1, 0.15) is 86.7 Å². The Kier molecular flexibility index (Phi) is 9.39. The normalized spacial score (nSPS) is 34.4. The monoisotopic (exact) mass is 725 g/mol. The van der Waals surface area contributed by atoms with Crippen molar-refractivity contribution in [2.24, 2.45) is 17.8 Å². The van der Waals surface area contributed by atoms with E-state index in [-0.39, 0.29) is 42.7 Å². The predicted molar refractivity (Wildman–Crippen MR) is 194 cm³/mol. The number of fused-ring (bicyclic) bond motifs is 4. The fraction of sp³-hybridized carbons (Fsp3) is 0.579. The second-order valence-electron chi connectivity index (χ2n) is 15.4. The van der Waals surface area contributed by atoms with Crippen molar-refractivity contribution < 1.29 is 33.2 Å². The van der Waals surface area contributed by atoms with Gasteiger partial charge in [0.05, 0.1) is 40.6 Å². The van der Waals surface area contributed by atoms with Gasteiger partial charge in [-0.05, 0) is 117 Å². The summed E-state index contributed by atoms with van der Waals surface area (Å²) in [5, 5.41) is 12.8. The van der Waals surface area contributed by atoms with Crippen molar-refractivity contribution in [3.05, 3.63) is 58.1 Å². The summed E-state index contributed by atoms with van der Waals surface area (Å²) < 4.78 is 28.3. The minimum Gasteiger partial charge on any atom is -0.490 e. The fourth-order valence-corrected chi connectivity index (χ4v) is 10.8. The highest BCUT2D eigenvalue weighted by molar-refractivity contribution is 7.99. The first kappa shape index (κ1) is 35.1. The number of benzene rings is 2. The lowest BCUT2D eigenvalue weighted by molar-refractivity contribution is -0.142. The number of carbonyl (C=O) groups excluding carboxylic acids is 3. The number of aliphatic hydroxyl groups is 1. The van der Waals surface area contributed by atoms with Gasteiger partial charge in [-0.2, -0.15) is 0 Å². The quantitative estimate of drug-likeness (QED) is 0.389. The molecule has 12 heteroatoms. The molecule has 7 rings (SSSR count). The number of ether oxygens (including phenoxy) is 2. The number of carbonyl (C=O) groups is 3. The molecule has 2 aliphatic carbocycles. The van der Waals surface area contributed by atoms with Gasteiger partial charge in [-0.25, -0.2) is 13.9 Å². The Morgan fingerprint density at radius 2 is 1.92 bits per heavy atom. The maximum absolute atomic E-state index is 13.9. The molecule has 270 valence electrons. The van der Waals surface area contributed by atoms with Gasteiger partial charge in [0.25, 0.3) is 5.91 Å². The third-order valence-corrected chi connectivity index (χ3v) is 14.7. The molecule has 0 aromatic heterocycles. The summed E-state index contributed by atoms with van der Waals surface area (Å²) in [6.07, 6.45) is 5.18. The SMILES string of the molecule is C=S1(=O)NC(=O)c2ccc3c(c2)N(C[C@@H]2CC[C@H]2[C@@](O)(CC(=O)N2CCOC2=O)CCC[C@H](C)[C@H]1C)C[C@@]1(CCCc2cc(Cl)ccc21)CO3. The summed E-state index contributed by atoms with van der Waals surface area (Å²) in [6.45, 7) is 5.81. The van der Waals surface area contributed by atoms with E-state index in [9.17, 15) is 23.7 Å². The minimum absolute atomic E-state index is 0.0509. The van der Waals surface area contributed by atoms with Crippen LogP contribution in [0.2, 0.25) is 5.02 Å². The Balaban J connectivity index is 1.29. The zero-order valence-electron chi connectivity index (χ0n) is 29.0. The molecule has 3 amide bonds. The first-order valence-electron chi connectivity index (χ1n) is 18.0. The molecule has 10 nitrogen and oxygen atoms in total. The van der Waals surface area contributed by atoms with E-state index in [1.54, 1.807) is 6.07 Å². The van der Waals surface area contributed by atoms with E-state index in [1.165, 1.54) is 11.1 Å². The summed E-state index contributed by atoms with van der Waals surface area (Å²) in [7, 11) is -3.04. The molecular formula is C38H48ClN3O7S. The second kappa shape index (κ2) is 13.4. The summed E-state index contributed by atoms with van der Waals surface area (Å²) in [5.41, 5.74) is 1.89. The van der Waals surface area contributed by atoms with Gasteiger partial charge in [-0.15, -0.1) is 0 Å². The van der Waals surface area contributed by atoms with Crippen LogP contribution in [-0.2, 0) is 31.1 Å². The summed E-state index contributed by atoms with van der Waals surface area (Å²) in [5.74, 6) is 3.55. The van der Waals surface area contributed by atoms with Gasteiger partial charge >= 0.3 is 6.09 Å². The molecule has 2 N–H and O–H groups in total. The molecule has 1 spiro atoms. The standard InChI is InChI=1S/C38H48ClN3O7S/c1-24-6-4-15-38(46,20-34(43)42-16-17-48-36(42)45)31-11-8-28(31)21-41-22-37(14-5-7-26-18-29(39)10-12-30(26)37)23-49-33-13-9-27(19-32(33)41)35(44)40-50(3,47)25(24)2/h9-10,12-13,18-19,24-25,28,31,46H,3-8,11,14-17,20-23H2,1-2H3,(H,40,44,47)/t24-,25+,28-,31+,37-,38-,50?/m0/s1. The van der Waals surface area contributed by atoms with Crippen LogP contribution in [-0.4, -0.2) is 81.7 Å². The molecule has 50 heavy (non-hydrogen) atoms. The number of rotatable bonds is 2. The average Bonchev–Trinajstić information content (AvgIpc) is 3.43. The zero-order valence-corrected chi connectivity index (χ0v) is 30.5. The number of amides is 3. The first-order valence-corrected chi connectivity index (χ1v) is 20.1. The number of aryl methyl sites for hydroxylation is 1. The van der Waals surface area contributed by atoms with E-state index in [2.05, 4.69) is 27.6 Å². The van der Waals surface area contributed by atoms with Crippen molar-refractivity contribution in [3.63, 3.8) is 0 Å². The maximum Gasteiger partial charge on any atom is 0.416 e. The number of hydrogen-bond acceptors (Lipinski definition) is 8. The zero-order chi connectivity index (χ0) is 35.4. The van der Waals surface area contributed by atoms with Crippen LogP contribution in [0.3, 0.4) is 0 Å². The summed E-state index contributed by atoms with van der Waals surface area (Å²) in [6, 6.07) is 11.5. The number of nitrogens with one attached hydrogen (secondary N) is 1. The molecule has 2 fully saturated rings. The predicted octanol–water partition coefficient (Wildman–Crippen LogP) is 5.51. The van der Waals surface area contributed by atoms with E-state index in [1.807, 2.05) is 32.0 Å². The van der Waals surface area contributed by atoms with Crippen LogP contribution >= 0.6 is 11.6 Å². The highest BCUT2D eigenvalue weighted by Crippen LogP contribution is 2.50. The van der Waals surface area contributed by atoms with Crippen molar-refractivity contribution in [2.45, 2.75) is 87.9 Å². The third kappa shape index (κ3) is 6.50. The Bertz CT molecular complexity index is 1800. The van der Waals surface area contributed by atoms with Crippen molar-refractivity contribution in [1.29, 1.82) is 0 Å². The minimum atomic E-state index is -3.04. The molecule has 1 saturated heterocycles.